The van der Waals surface area contributed by atoms with Gasteiger partial charge in [0.25, 0.3) is 0 Å². The molecule has 0 aromatic heterocycles. The predicted octanol–water partition coefficient (Wildman–Crippen LogP) is 2.31. The van der Waals surface area contributed by atoms with Crippen molar-refractivity contribution < 1.29 is 4.79 Å². The fraction of sp³-hybridized carbons (Fsp3) is 0.611. The summed E-state index contributed by atoms with van der Waals surface area (Å²) in [7, 11) is 0. The maximum atomic E-state index is 12.3. The monoisotopic (exact) mass is 303 g/mol. The van der Waals surface area contributed by atoms with Gasteiger partial charge in [-0.15, -0.1) is 0 Å². The summed E-state index contributed by atoms with van der Waals surface area (Å²) in [6.07, 6.45) is 2.47. The molecule has 4 heteroatoms. The number of hydrogen-bond acceptors (Lipinski definition) is 3. The Morgan fingerprint density at radius 3 is 2.36 bits per heavy atom. The number of rotatable bonds is 5. The summed E-state index contributed by atoms with van der Waals surface area (Å²) in [4.78, 5) is 14.7. The van der Waals surface area contributed by atoms with Crippen molar-refractivity contribution >= 4 is 5.91 Å². The molecular formula is C18H29N3O. The Hall–Kier alpha value is -1.39. The molecule has 1 heterocycles. The van der Waals surface area contributed by atoms with Crippen LogP contribution in [0.4, 0.5) is 0 Å². The second kappa shape index (κ2) is 7.25. The van der Waals surface area contributed by atoms with Gasteiger partial charge in [-0.2, -0.15) is 0 Å². The van der Waals surface area contributed by atoms with Crippen molar-refractivity contribution in [1.82, 2.24) is 10.2 Å². The van der Waals surface area contributed by atoms with Crippen LogP contribution in [0.3, 0.4) is 0 Å². The Labute approximate surface area is 134 Å². The first-order chi connectivity index (χ1) is 10.4. The zero-order valence-electron chi connectivity index (χ0n) is 14.0. The topological polar surface area (TPSA) is 58.4 Å². The van der Waals surface area contributed by atoms with Gasteiger partial charge in [-0.1, -0.05) is 51.1 Å². The molecule has 0 saturated carbocycles. The van der Waals surface area contributed by atoms with E-state index in [-0.39, 0.29) is 17.4 Å². The number of nitrogens with zero attached hydrogens (tertiary/aromatic N) is 1. The Balaban J connectivity index is 2.03. The molecule has 2 atom stereocenters. The van der Waals surface area contributed by atoms with Gasteiger partial charge in [0, 0.05) is 6.54 Å². The fourth-order valence-corrected chi connectivity index (χ4v) is 2.89. The average Bonchev–Trinajstić information content (AvgIpc) is 3.00. The quantitative estimate of drug-likeness (QED) is 0.877. The molecule has 4 nitrogen and oxygen atoms in total. The van der Waals surface area contributed by atoms with E-state index in [1.807, 2.05) is 26.8 Å². The summed E-state index contributed by atoms with van der Waals surface area (Å²) in [6, 6.07) is 10.2. The van der Waals surface area contributed by atoms with Gasteiger partial charge in [0.15, 0.2) is 0 Å². The maximum absolute atomic E-state index is 12.3. The van der Waals surface area contributed by atoms with Crippen LogP contribution in [0.25, 0.3) is 0 Å². The van der Waals surface area contributed by atoms with Crippen molar-refractivity contribution in [3.63, 3.8) is 0 Å². The highest BCUT2D eigenvalue weighted by molar-refractivity contribution is 5.82. The number of benzene rings is 1. The van der Waals surface area contributed by atoms with Crippen molar-refractivity contribution in [1.29, 1.82) is 0 Å². The van der Waals surface area contributed by atoms with Gasteiger partial charge in [-0.25, -0.2) is 0 Å². The van der Waals surface area contributed by atoms with Crippen LogP contribution in [0.2, 0.25) is 0 Å². The van der Waals surface area contributed by atoms with Crippen LogP contribution < -0.4 is 11.1 Å². The van der Waals surface area contributed by atoms with E-state index in [9.17, 15) is 4.79 Å². The lowest BCUT2D eigenvalue weighted by molar-refractivity contribution is -0.124. The molecule has 1 aromatic rings. The lowest BCUT2D eigenvalue weighted by atomic mass is 9.87. The van der Waals surface area contributed by atoms with Crippen molar-refractivity contribution in [2.75, 3.05) is 19.6 Å². The Bertz CT molecular complexity index is 475. The molecule has 0 bridgehead atoms. The zero-order valence-corrected chi connectivity index (χ0v) is 14.0. The molecular weight excluding hydrogens is 274 g/mol. The zero-order chi connectivity index (χ0) is 16.2. The van der Waals surface area contributed by atoms with Gasteiger partial charge in [-0.3, -0.25) is 9.69 Å². The fourth-order valence-electron chi connectivity index (χ4n) is 2.89. The van der Waals surface area contributed by atoms with Gasteiger partial charge in [0.2, 0.25) is 5.91 Å². The second-order valence-electron chi connectivity index (χ2n) is 7.26. The first kappa shape index (κ1) is 17.0. The van der Waals surface area contributed by atoms with Crippen molar-refractivity contribution in [2.24, 2.45) is 11.1 Å². The highest BCUT2D eigenvalue weighted by Crippen LogP contribution is 2.24. The van der Waals surface area contributed by atoms with Crippen LogP contribution in [0, 0.1) is 5.41 Å². The summed E-state index contributed by atoms with van der Waals surface area (Å²) in [5.41, 5.74) is 7.08. The molecule has 1 unspecified atom stereocenters. The van der Waals surface area contributed by atoms with Crippen molar-refractivity contribution in [2.45, 2.75) is 45.7 Å². The summed E-state index contributed by atoms with van der Waals surface area (Å²) in [5, 5.41) is 3.06. The maximum Gasteiger partial charge on any atom is 0.237 e. The SMILES string of the molecule is CC(C)(C)[C@H](N)C(=O)NCC(c1ccccc1)N1CCCC1. The number of nitrogens with one attached hydrogen (secondary N) is 1. The molecule has 0 spiro atoms. The molecule has 1 aromatic carbocycles. The third-order valence-electron chi connectivity index (χ3n) is 4.45. The van der Waals surface area contributed by atoms with Gasteiger partial charge < -0.3 is 11.1 Å². The first-order valence-electron chi connectivity index (χ1n) is 8.22. The molecule has 122 valence electrons. The van der Waals surface area contributed by atoms with Gasteiger partial charge in [-0.05, 0) is 36.9 Å². The number of amides is 1. The molecule has 1 amide bonds. The normalized spacial score (nSPS) is 18.9. The molecule has 1 fully saturated rings. The van der Waals surface area contributed by atoms with Crippen LogP contribution in [0.5, 0.6) is 0 Å². The van der Waals surface area contributed by atoms with Crippen LogP contribution in [-0.4, -0.2) is 36.5 Å². The van der Waals surface area contributed by atoms with E-state index in [0.29, 0.717) is 6.54 Å². The predicted molar refractivity (Wildman–Crippen MR) is 90.4 cm³/mol. The first-order valence-corrected chi connectivity index (χ1v) is 8.22. The second-order valence-corrected chi connectivity index (χ2v) is 7.26. The van der Waals surface area contributed by atoms with E-state index in [0.717, 1.165) is 13.1 Å². The Kier molecular flexibility index (Phi) is 5.59. The third-order valence-corrected chi connectivity index (χ3v) is 4.45. The largest absolute Gasteiger partial charge is 0.353 e. The molecule has 0 aliphatic carbocycles. The minimum Gasteiger partial charge on any atom is -0.353 e. The van der Waals surface area contributed by atoms with Crippen molar-refractivity contribution in [3.05, 3.63) is 35.9 Å². The number of carbonyl (C=O) groups is 1. The highest BCUT2D eigenvalue weighted by atomic mass is 16.2. The molecule has 2 rings (SSSR count). The lowest BCUT2D eigenvalue weighted by Gasteiger charge is -2.30. The Morgan fingerprint density at radius 2 is 1.82 bits per heavy atom. The number of hydrogen-bond donors (Lipinski definition) is 2. The highest BCUT2D eigenvalue weighted by Gasteiger charge is 2.29. The molecule has 1 aliphatic rings. The van der Waals surface area contributed by atoms with E-state index in [4.69, 9.17) is 5.73 Å². The van der Waals surface area contributed by atoms with E-state index in [1.54, 1.807) is 0 Å². The van der Waals surface area contributed by atoms with Crippen LogP contribution >= 0.6 is 0 Å². The minimum atomic E-state index is -0.484. The van der Waals surface area contributed by atoms with Crippen molar-refractivity contribution in [3.8, 4) is 0 Å². The molecule has 0 radical (unpaired) electrons. The van der Waals surface area contributed by atoms with Gasteiger partial charge >= 0.3 is 0 Å². The summed E-state index contributed by atoms with van der Waals surface area (Å²) in [5.74, 6) is -0.0624. The van der Waals surface area contributed by atoms with Crippen LogP contribution in [0.1, 0.15) is 45.2 Å². The Morgan fingerprint density at radius 1 is 1.23 bits per heavy atom. The summed E-state index contributed by atoms with van der Waals surface area (Å²) in [6.45, 7) is 8.79. The summed E-state index contributed by atoms with van der Waals surface area (Å²) >= 11 is 0. The van der Waals surface area contributed by atoms with E-state index < -0.39 is 6.04 Å². The van der Waals surface area contributed by atoms with Gasteiger partial charge in [0.05, 0.1) is 12.1 Å². The lowest BCUT2D eigenvalue weighted by Crippen LogP contribution is -2.50. The number of carbonyl (C=O) groups excluding carboxylic acids is 1. The average molecular weight is 303 g/mol. The summed E-state index contributed by atoms with van der Waals surface area (Å²) < 4.78 is 0. The number of nitrogens with two attached hydrogens (primary N) is 1. The van der Waals surface area contributed by atoms with E-state index in [1.165, 1.54) is 18.4 Å². The standard InChI is InChI=1S/C18H29N3O/c1-18(2,3)16(19)17(22)20-13-15(21-11-7-8-12-21)14-9-5-4-6-10-14/h4-6,9-10,15-16H,7-8,11-13,19H2,1-3H3,(H,20,22)/t15?,16-/m1/s1. The molecule has 1 aliphatic heterocycles. The van der Waals surface area contributed by atoms with E-state index >= 15 is 0 Å². The van der Waals surface area contributed by atoms with Gasteiger partial charge in [0.1, 0.15) is 0 Å². The molecule has 3 N–H and O–H groups in total. The van der Waals surface area contributed by atoms with Crippen LogP contribution in [-0.2, 0) is 4.79 Å². The minimum absolute atomic E-state index is 0.0624. The van der Waals surface area contributed by atoms with E-state index in [2.05, 4.69) is 34.5 Å². The third kappa shape index (κ3) is 4.31. The number of likely N-dealkylation sites (tertiary alicyclic amines) is 1. The molecule has 1 saturated heterocycles. The molecule has 22 heavy (non-hydrogen) atoms. The smallest absolute Gasteiger partial charge is 0.237 e. The van der Waals surface area contributed by atoms with Crippen LogP contribution in [0.15, 0.2) is 30.3 Å².